The summed E-state index contributed by atoms with van der Waals surface area (Å²) in [6, 6.07) is 1.54. The van der Waals surface area contributed by atoms with E-state index in [4.69, 9.17) is 0 Å². The van der Waals surface area contributed by atoms with E-state index in [1.54, 1.807) is 31.1 Å². The second kappa shape index (κ2) is 5.47. The molecule has 21 heavy (non-hydrogen) atoms. The Morgan fingerprint density at radius 2 is 2.00 bits per heavy atom. The second-order valence-electron chi connectivity index (χ2n) is 6.55. The van der Waals surface area contributed by atoms with Gasteiger partial charge in [0.2, 0.25) is 11.8 Å². The van der Waals surface area contributed by atoms with E-state index in [1.807, 2.05) is 26.8 Å². The topological polar surface area (TPSA) is 62.3 Å². The summed E-state index contributed by atoms with van der Waals surface area (Å²) in [6.45, 7) is 9.79. The third-order valence-corrected chi connectivity index (χ3v) is 3.99. The van der Waals surface area contributed by atoms with Gasteiger partial charge in [-0.15, -0.1) is 0 Å². The van der Waals surface area contributed by atoms with Gasteiger partial charge in [-0.25, -0.2) is 0 Å². The van der Waals surface area contributed by atoms with Gasteiger partial charge in [0.1, 0.15) is 11.6 Å². The van der Waals surface area contributed by atoms with Gasteiger partial charge in [0.25, 0.3) is 0 Å². The Labute approximate surface area is 125 Å². The van der Waals surface area contributed by atoms with Crippen LogP contribution in [0.2, 0.25) is 0 Å². The predicted octanol–water partition coefficient (Wildman–Crippen LogP) is 1.65. The standard InChI is InChI=1S/C16H23N3O2/c1-10(2)13-14(20)19(16(4,5)15(21)18-13)9-12-6-11(3)7-17-8-12/h6-8,10,13H,9H2,1-5H3,(H,18,21). The zero-order valence-corrected chi connectivity index (χ0v) is 13.3. The SMILES string of the molecule is Cc1cncc(CN2C(=O)C(C(C)C)NC(=O)C2(C)C)c1. The van der Waals surface area contributed by atoms with E-state index in [2.05, 4.69) is 10.3 Å². The number of nitrogens with one attached hydrogen (secondary N) is 1. The van der Waals surface area contributed by atoms with Crippen molar-refractivity contribution in [1.29, 1.82) is 0 Å². The monoisotopic (exact) mass is 289 g/mol. The Morgan fingerprint density at radius 1 is 1.33 bits per heavy atom. The number of rotatable bonds is 3. The van der Waals surface area contributed by atoms with Crippen molar-refractivity contribution in [3.05, 3.63) is 29.6 Å². The summed E-state index contributed by atoms with van der Waals surface area (Å²) in [5.41, 5.74) is 1.12. The first-order valence-electron chi connectivity index (χ1n) is 7.26. The van der Waals surface area contributed by atoms with Gasteiger partial charge in [-0.05, 0) is 37.8 Å². The van der Waals surface area contributed by atoms with Crippen LogP contribution in [0.3, 0.4) is 0 Å². The van der Waals surface area contributed by atoms with Crippen molar-refractivity contribution in [1.82, 2.24) is 15.2 Å². The summed E-state index contributed by atoms with van der Waals surface area (Å²) in [5, 5.41) is 2.84. The van der Waals surface area contributed by atoms with Gasteiger partial charge in [0, 0.05) is 18.9 Å². The number of hydrogen-bond donors (Lipinski definition) is 1. The molecule has 0 spiro atoms. The number of amides is 2. The Kier molecular flexibility index (Phi) is 4.03. The number of nitrogens with zero attached hydrogens (tertiary/aromatic N) is 2. The van der Waals surface area contributed by atoms with Crippen molar-refractivity contribution in [3.63, 3.8) is 0 Å². The normalized spacial score (nSPS) is 21.6. The molecule has 2 heterocycles. The minimum atomic E-state index is -0.855. The van der Waals surface area contributed by atoms with Crippen molar-refractivity contribution < 1.29 is 9.59 Å². The van der Waals surface area contributed by atoms with Crippen LogP contribution in [0.25, 0.3) is 0 Å². The van der Waals surface area contributed by atoms with Crippen molar-refractivity contribution in [3.8, 4) is 0 Å². The highest BCUT2D eigenvalue weighted by molar-refractivity contribution is 5.99. The minimum Gasteiger partial charge on any atom is -0.342 e. The number of aryl methyl sites for hydroxylation is 1. The second-order valence-corrected chi connectivity index (χ2v) is 6.55. The zero-order chi connectivity index (χ0) is 15.8. The molecule has 2 amide bonds. The predicted molar refractivity (Wildman–Crippen MR) is 80.4 cm³/mol. The molecular weight excluding hydrogens is 266 g/mol. The fraction of sp³-hybridized carbons (Fsp3) is 0.562. The molecule has 1 aliphatic rings. The van der Waals surface area contributed by atoms with Crippen LogP contribution in [0.4, 0.5) is 0 Å². The molecule has 1 unspecified atom stereocenters. The van der Waals surface area contributed by atoms with Crippen LogP contribution in [-0.2, 0) is 16.1 Å². The van der Waals surface area contributed by atoms with Crippen LogP contribution in [-0.4, -0.2) is 33.3 Å². The highest BCUT2D eigenvalue weighted by Crippen LogP contribution is 2.25. The van der Waals surface area contributed by atoms with E-state index in [9.17, 15) is 9.59 Å². The zero-order valence-electron chi connectivity index (χ0n) is 13.3. The lowest BCUT2D eigenvalue weighted by Crippen LogP contribution is -2.69. The quantitative estimate of drug-likeness (QED) is 0.920. The maximum absolute atomic E-state index is 12.7. The summed E-state index contributed by atoms with van der Waals surface area (Å²) in [5.74, 6) is -0.0757. The molecule has 1 atom stereocenters. The van der Waals surface area contributed by atoms with Gasteiger partial charge >= 0.3 is 0 Å². The molecule has 1 fully saturated rings. The van der Waals surface area contributed by atoms with Gasteiger partial charge in [-0.2, -0.15) is 0 Å². The first-order valence-corrected chi connectivity index (χ1v) is 7.26. The van der Waals surface area contributed by atoms with Crippen molar-refractivity contribution in [2.75, 3.05) is 0 Å². The van der Waals surface area contributed by atoms with Gasteiger partial charge in [0.05, 0.1) is 0 Å². The van der Waals surface area contributed by atoms with Gasteiger partial charge in [-0.3, -0.25) is 14.6 Å². The van der Waals surface area contributed by atoms with Crippen LogP contribution in [0.5, 0.6) is 0 Å². The summed E-state index contributed by atoms with van der Waals surface area (Å²) >= 11 is 0. The fourth-order valence-electron chi connectivity index (χ4n) is 2.56. The van der Waals surface area contributed by atoms with E-state index in [-0.39, 0.29) is 17.7 Å². The number of aromatic nitrogens is 1. The molecule has 0 radical (unpaired) electrons. The van der Waals surface area contributed by atoms with Crippen molar-refractivity contribution in [2.24, 2.45) is 5.92 Å². The highest BCUT2D eigenvalue weighted by atomic mass is 16.2. The summed E-state index contributed by atoms with van der Waals surface area (Å²) < 4.78 is 0. The molecule has 5 heteroatoms. The summed E-state index contributed by atoms with van der Waals surface area (Å²) in [4.78, 5) is 30.8. The molecular formula is C16H23N3O2. The van der Waals surface area contributed by atoms with Gasteiger partial charge in [-0.1, -0.05) is 19.9 Å². The third-order valence-electron chi connectivity index (χ3n) is 3.99. The number of pyridine rings is 1. The lowest BCUT2D eigenvalue weighted by molar-refractivity contribution is -0.157. The molecule has 0 saturated carbocycles. The lowest BCUT2D eigenvalue weighted by atomic mass is 9.91. The molecule has 114 valence electrons. The molecule has 1 N–H and O–H groups in total. The maximum Gasteiger partial charge on any atom is 0.246 e. The first-order chi connectivity index (χ1) is 9.73. The van der Waals surface area contributed by atoms with Crippen molar-refractivity contribution in [2.45, 2.75) is 52.7 Å². The minimum absolute atomic E-state index is 0.0314. The number of carbonyl (C=O) groups excluding carboxylic acids is 2. The van der Waals surface area contributed by atoms with E-state index in [0.717, 1.165) is 11.1 Å². The molecule has 5 nitrogen and oxygen atoms in total. The molecule has 0 aromatic carbocycles. The smallest absolute Gasteiger partial charge is 0.246 e. The Hall–Kier alpha value is -1.91. The van der Waals surface area contributed by atoms with E-state index in [0.29, 0.717) is 6.54 Å². The largest absolute Gasteiger partial charge is 0.342 e. The number of piperazine rings is 1. The average Bonchev–Trinajstić information content (AvgIpc) is 2.39. The van der Waals surface area contributed by atoms with Gasteiger partial charge < -0.3 is 10.2 Å². The average molecular weight is 289 g/mol. The van der Waals surface area contributed by atoms with Gasteiger partial charge in [0.15, 0.2) is 0 Å². The Morgan fingerprint density at radius 3 is 2.57 bits per heavy atom. The maximum atomic E-state index is 12.7. The molecule has 0 bridgehead atoms. The molecule has 1 aromatic heterocycles. The van der Waals surface area contributed by atoms with Crippen LogP contribution < -0.4 is 5.32 Å². The molecule has 2 rings (SSSR count). The Balaban J connectivity index is 2.32. The summed E-state index contributed by atoms with van der Waals surface area (Å²) in [6.07, 6.45) is 3.52. The fourth-order valence-corrected chi connectivity index (χ4v) is 2.56. The van der Waals surface area contributed by atoms with Crippen LogP contribution in [0.15, 0.2) is 18.5 Å². The van der Waals surface area contributed by atoms with E-state index < -0.39 is 11.6 Å². The summed E-state index contributed by atoms with van der Waals surface area (Å²) in [7, 11) is 0. The van der Waals surface area contributed by atoms with E-state index in [1.165, 1.54) is 0 Å². The molecule has 1 aliphatic heterocycles. The molecule has 0 aliphatic carbocycles. The van der Waals surface area contributed by atoms with Crippen LogP contribution in [0, 0.1) is 12.8 Å². The Bertz CT molecular complexity index is 566. The van der Waals surface area contributed by atoms with Crippen molar-refractivity contribution >= 4 is 11.8 Å². The van der Waals surface area contributed by atoms with Crippen LogP contribution >= 0.6 is 0 Å². The van der Waals surface area contributed by atoms with E-state index >= 15 is 0 Å². The van der Waals surface area contributed by atoms with Crippen LogP contribution in [0.1, 0.15) is 38.8 Å². The number of carbonyl (C=O) groups is 2. The highest BCUT2D eigenvalue weighted by Gasteiger charge is 2.46. The number of hydrogen-bond acceptors (Lipinski definition) is 3. The lowest BCUT2D eigenvalue weighted by Gasteiger charge is -2.45. The molecule has 1 saturated heterocycles. The first kappa shape index (κ1) is 15.5. The molecule has 1 aromatic rings. The third kappa shape index (κ3) is 2.91.